The molecule has 41 heavy (non-hydrogen) atoms. The fraction of sp³-hybridized carbons (Fsp3) is 0.500. The molecule has 11 nitrogen and oxygen atoms in total. The molecule has 1 fully saturated rings. The van der Waals surface area contributed by atoms with Gasteiger partial charge >= 0.3 is 5.97 Å². The maximum atomic E-state index is 13.3. The standard InChI is InChI=1S/C30H39N5O6/c1-16(2)26-28(38)31-17(3)29(39)35-14-6-7-24(34-35)30(40)41-19(5)23-13-11-21-10-8-20(15-25(21)32-23)9-12-22(18(4)36)27(37)33-26/h8-13,15-19,22,24,26,34,36H,6-7,14H2,1-5H3,(H,31,38)(H,33,37). The summed E-state index contributed by atoms with van der Waals surface area (Å²) in [5.74, 6) is -3.17. The van der Waals surface area contributed by atoms with E-state index in [9.17, 15) is 24.3 Å². The number of hydrogen-bond acceptors (Lipinski definition) is 8. The molecule has 0 radical (unpaired) electrons. The first-order valence-corrected chi connectivity index (χ1v) is 14.1. The predicted molar refractivity (Wildman–Crippen MR) is 153 cm³/mol. The molecule has 5 bridgehead atoms. The van der Waals surface area contributed by atoms with Gasteiger partial charge in [0.1, 0.15) is 24.2 Å². The van der Waals surface area contributed by atoms with Gasteiger partial charge in [0.25, 0.3) is 5.91 Å². The number of pyridine rings is 1. The van der Waals surface area contributed by atoms with Gasteiger partial charge in [0.15, 0.2) is 0 Å². The fourth-order valence-electron chi connectivity index (χ4n) is 4.98. The van der Waals surface area contributed by atoms with Crippen LogP contribution >= 0.6 is 0 Å². The lowest BCUT2D eigenvalue weighted by atomic mass is 9.97. The quantitative estimate of drug-likeness (QED) is 0.404. The molecule has 11 heteroatoms. The molecule has 2 aliphatic heterocycles. The number of nitrogens with one attached hydrogen (secondary N) is 3. The summed E-state index contributed by atoms with van der Waals surface area (Å²) in [7, 11) is 0. The Morgan fingerprint density at radius 2 is 1.76 bits per heavy atom. The SMILES string of the molecule is CC1NC(=O)C(C(C)C)NC(=O)C(C(C)O)C=Cc2ccc3ccc(nc3c2)C(C)OC(=O)C2CCCN(N2)C1=O. The maximum Gasteiger partial charge on any atom is 0.325 e. The van der Waals surface area contributed by atoms with Gasteiger partial charge in [0.05, 0.1) is 23.2 Å². The number of carbonyl (C=O) groups is 4. The number of ether oxygens (including phenoxy) is 1. The van der Waals surface area contributed by atoms with E-state index in [1.807, 2.05) is 24.3 Å². The Morgan fingerprint density at radius 3 is 2.46 bits per heavy atom. The van der Waals surface area contributed by atoms with Gasteiger partial charge < -0.3 is 20.5 Å². The molecule has 220 valence electrons. The molecule has 3 heterocycles. The summed E-state index contributed by atoms with van der Waals surface area (Å²) in [6, 6.07) is 6.72. The molecule has 1 aromatic heterocycles. The van der Waals surface area contributed by atoms with Crippen LogP contribution in [0.4, 0.5) is 0 Å². The van der Waals surface area contributed by atoms with Gasteiger partial charge in [0.2, 0.25) is 11.8 Å². The molecule has 3 amide bonds. The third-order valence-corrected chi connectivity index (χ3v) is 7.48. The fourth-order valence-corrected chi connectivity index (χ4v) is 4.98. The Labute approximate surface area is 239 Å². The van der Waals surface area contributed by atoms with E-state index in [0.717, 1.165) is 10.9 Å². The average Bonchev–Trinajstić information content (AvgIpc) is 2.94. The first kappa shape index (κ1) is 30.1. The molecule has 0 saturated carbocycles. The molecule has 1 aromatic carbocycles. The lowest BCUT2D eigenvalue weighted by Crippen LogP contribution is -2.61. The van der Waals surface area contributed by atoms with Crippen LogP contribution < -0.4 is 16.1 Å². The largest absolute Gasteiger partial charge is 0.455 e. The number of aliphatic hydroxyl groups excluding tert-OH is 1. The first-order chi connectivity index (χ1) is 19.4. The smallest absolute Gasteiger partial charge is 0.325 e. The number of hydrogen-bond donors (Lipinski definition) is 4. The summed E-state index contributed by atoms with van der Waals surface area (Å²) in [6.07, 6.45) is 2.72. The number of carbonyl (C=O) groups excluding carboxylic acids is 4. The highest BCUT2D eigenvalue weighted by molar-refractivity contribution is 5.93. The Bertz CT molecular complexity index is 1340. The van der Waals surface area contributed by atoms with E-state index in [2.05, 4.69) is 16.1 Å². The van der Waals surface area contributed by atoms with Crippen molar-refractivity contribution >= 4 is 40.7 Å². The summed E-state index contributed by atoms with van der Waals surface area (Å²) in [4.78, 5) is 57.4. The summed E-state index contributed by atoms with van der Waals surface area (Å²) < 4.78 is 5.73. The molecule has 1 saturated heterocycles. The first-order valence-electron chi connectivity index (χ1n) is 14.1. The van der Waals surface area contributed by atoms with Gasteiger partial charge in [-0.05, 0) is 57.2 Å². The second-order valence-corrected chi connectivity index (χ2v) is 11.2. The van der Waals surface area contributed by atoms with Crippen molar-refractivity contribution in [2.24, 2.45) is 11.8 Å². The van der Waals surface area contributed by atoms with Crippen LogP contribution in [-0.4, -0.2) is 69.6 Å². The lowest BCUT2D eigenvalue weighted by Gasteiger charge is -2.35. The average molecular weight is 566 g/mol. The highest BCUT2D eigenvalue weighted by Gasteiger charge is 2.34. The van der Waals surface area contributed by atoms with Crippen LogP contribution in [0.2, 0.25) is 0 Å². The summed E-state index contributed by atoms with van der Waals surface area (Å²) >= 11 is 0. The number of nitrogens with zero attached hydrogens (tertiary/aromatic N) is 2. The van der Waals surface area contributed by atoms with Gasteiger partial charge in [-0.1, -0.05) is 44.2 Å². The van der Waals surface area contributed by atoms with E-state index in [4.69, 9.17) is 9.72 Å². The van der Waals surface area contributed by atoms with Crippen LogP contribution in [0.15, 0.2) is 36.4 Å². The Balaban J connectivity index is 1.71. The minimum atomic E-state index is -1.02. The van der Waals surface area contributed by atoms with Crippen LogP contribution in [0.5, 0.6) is 0 Å². The molecule has 4 rings (SSSR count). The number of esters is 1. The van der Waals surface area contributed by atoms with E-state index in [1.54, 1.807) is 45.9 Å². The molecular formula is C30H39N5O6. The predicted octanol–water partition coefficient (Wildman–Crippen LogP) is 2.00. The van der Waals surface area contributed by atoms with E-state index in [0.29, 0.717) is 30.6 Å². The van der Waals surface area contributed by atoms with E-state index in [1.165, 1.54) is 11.9 Å². The van der Waals surface area contributed by atoms with Crippen molar-refractivity contribution in [2.45, 2.75) is 77.8 Å². The molecule has 2 aliphatic rings. The third kappa shape index (κ3) is 7.09. The van der Waals surface area contributed by atoms with Crippen LogP contribution in [0.3, 0.4) is 0 Å². The summed E-state index contributed by atoms with van der Waals surface area (Å²) in [6.45, 7) is 8.73. The third-order valence-electron chi connectivity index (χ3n) is 7.48. The molecule has 4 N–H and O–H groups in total. The minimum Gasteiger partial charge on any atom is -0.455 e. The number of amides is 3. The zero-order chi connectivity index (χ0) is 29.8. The number of hydrazine groups is 1. The van der Waals surface area contributed by atoms with Crippen molar-refractivity contribution < 1.29 is 29.0 Å². The van der Waals surface area contributed by atoms with Crippen molar-refractivity contribution in [1.82, 2.24) is 26.1 Å². The number of aromatic nitrogens is 1. The van der Waals surface area contributed by atoms with Crippen molar-refractivity contribution in [1.29, 1.82) is 0 Å². The van der Waals surface area contributed by atoms with Gasteiger partial charge in [-0.2, -0.15) is 0 Å². The molecule has 6 unspecified atom stereocenters. The highest BCUT2D eigenvalue weighted by atomic mass is 16.5. The van der Waals surface area contributed by atoms with Crippen LogP contribution in [-0.2, 0) is 23.9 Å². The highest BCUT2D eigenvalue weighted by Crippen LogP contribution is 2.23. The van der Waals surface area contributed by atoms with Crippen LogP contribution in [0.1, 0.15) is 64.8 Å². The number of cyclic esters (lactones) is 1. The van der Waals surface area contributed by atoms with E-state index < -0.39 is 59.9 Å². The van der Waals surface area contributed by atoms with Gasteiger partial charge in [-0.25, -0.2) is 10.4 Å². The lowest BCUT2D eigenvalue weighted by molar-refractivity contribution is -0.157. The van der Waals surface area contributed by atoms with Gasteiger partial charge in [-0.3, -0.25) is 24.2 Å². The summed E-state index contributed by atoms with van der Waals surface area (Å²) in [5.41, 5.74) is 4.95. The Kier molecular flexibility index (Phi) is 9.39. The number of aliphatic hydroxyl groups is 1. The second kappa shape index (κ2) is 12.8. The second-order valence-electron chi connectivity index (χ2n) is 11.2. The molecule has 2 aromatic rings. The topological polar surface area (TPSA) is 150 Å². The van der Waals surface area contributed by atoms with E-state index in [-0.39, 0.29) is 5.92 Å². The van der Waals surface area contributed by atoms with Crippen molar-refractivity contribution in [3.05, 3.63) is 47.7 Å². The van der Waals surface area contributed by atoms with Crippen LogP contribution in [0, 0.1) is 11.8 Å². The number of rotatable bonds is 2. The Morgan fingerprint density at radius 1 is 1.02 bits per heavy atom. The minimum absolute atomic E-state index is 0.295. The maximum absolute atomic E-state index is 13.3. The zero-order valence-electron chi connectivity index (χ0n) is 24.1. The van der Waals surface area contributed by atoms with Crippen molar-refractivity contribution in [2.75, 3.05) is 6.54 Å². The van der Waals surface area contributed by atoms with Crippen LogP contribution in [0.25, 0.3) is 17.0 Å². The normalized spacial score (nSPS) is 27.4. The number of benzene rings is 1. The summed E-state index contributed by atoms with van der Waals surface area (Å²) in [5, 5.41) is 18.1. The van der Waals surface area contributed by atoms with Gasteiger partial charge in [0, 0.05) is 11.9 Å². The molecule has 0 aliphatic carbocycles. The van der Waals surface area contributed by atoms with E-state index >= 15 is 0 Å². The van der Waals surface area contributed by atoms with Crippen molar-refractivity contribution in [3.63, 3.8) is 0 Å². The van der Waals surface area contributed by atoms with Gasteiger partial charge in [-0.15, -0.1) is 0 Å². The molecular weight excluding hydrogens is 526 g/mol. The number of fused-ring (bicyclic) bond motifs is 4. The molecule has 6 atom stereocenters. The van der Waals surface area contributed by atoms with Crippen molar-refractivity contribution in [3.8, 4) is 0 Å². The zero-order valence-corrected chi connectivity index (χ0v) is 24.1. The monoisotopic (exact) mass is 565 g/mol. The molecule has 0 spiro atoms. The Hall–Kier alpha value is -3.83.